The second-order valence-electron chi connectivity index (χ2n) is 6.06. The minimum absolute atomic E-state index is 0.0878. The van der Waals surface area contributed by atoms with Crippen LogP contribution in [0.3, 0.4) is 0 Å². The van der Waals surface area contributed by atoms with E-state index in [1.165, 1.54) is 5.56 Å². The lowest BCUT2D eigenvalue weighted by atomic mass is 10.0. The van der Waals surface area contributed by atoms with Crippen molar-refractivity contribution in [3.05, 3.63) is 59.2 Å². The Labute approximate surface area is 137 Å². The van der Waals surface area contributed by atoms with Crippen LogP contribution in [0.4, 0.5) is 11.4 Å². The van der Waals surface area contributed by atoms with E-state index < -0.39 is 0 Å². The number of likely N-dealkylation sites (N-methyl/N-ethyl adjacent to an activating group) is 1. The van der Waals surface area contributed by atoms with Gasteiger partial charge in [-0.05, 0) is 49.2 Å². The highest BCUT2D eigenvalue weighted by Crippen LogP contribution is 2.37. The number of amides is 1. The molecule has 1 amide bonds. The predicted molar refractivity (Wildman–Crippen MR) is 97.8 cm³/mol. The normalized spacial score (nSPS) is 15.2. The van der Waals surface area contributed by atoms with Gasteiger partial charge in [-0.15, -0.1) is 0 Å². The van der Waals surface area contributed by atoms with Crippen LogP contribution in [-0.2, 0) is 4.79 Å². The summed E-state index contributed by atoms with van der Waals surface area (Å²) in [6.45, 7) is 4.78. The van der Waals surface area contributed by atoms with Crippen LogP contribution in [-0.4, -0.2) is 26.5 Å². The number of benzene rings is 2. The zero-order valence-electron chi connectivity index (χ0n) is 14.1. The third kappa shape index (κ3) is 2.63. The van der Waals surface area contributed by atoms with Gasteiger partial charge in [0, 0.05) is 37.5 Å². The highest BCUT2D eigenvalue weighted by Gasteiger charge is 2.30. The summed E-state index contributed by atoms with van der Waals surface area (Å²) in [7, 11) is 4.06. The maximum absolute atomic E-state index is 12.7. The van der Waals surface area contributed by atoms with Crippen molar-refractivity contribution in [2.24, 2.45) is 0 Å². The Morgan fingerprint density at radius 2 is 1.87 bits per heavy atom. The van der Waals surface area contributed by atoms with Gasteiger partial charge >= 0.3 is 0 Å². The van der Waals surface area contributed by atoms with Crippen molar-refractivity contribution in [1.29, 1.82) is 0 Å². The molecule has 0 atom stereocenters. The van der Waals surface area contributed by atoms with Crippen LogP contribution in [0.1, 0.15) is 23.6 Å². The lowest BCUT2D eigenvalue weighted by Gasteiger charge is -2.14. The molecule has 0 saturated heterocycles. The molecule has 2 aromatic rings. The van der Waals surface area contributed by atoms with Gasteiger partial charge in [-0.1, -0.05) is 24.3 Å². The fourth-order valence-electron chi connectivity index (χ4n) is 3.02. The third-order valence-electron chi connectivity index (χ3n) is 4.35. The highest BCUT2D eigenvalue weighted by atomic mass is 16.2. The average Bonchev–Trinajstić information content (AvgIpc) is 2.81. The van der Waals surface area contributed by atoms with Gasteiger partial charge in [-0.2, -0.15) is 0 Å². The van der Waals surface area contributed by atoms with Gasteiger partial charge in [-0.3, -0.25) is 4.79 Å². The number of para-hydroxylation sites is 1. The molecule has 0 radical (unpaired) electrons. The molecule has 0 aliphatic carbocycles. The Bertz CT molecular complexity index is 790. The Morgan fingerprint density at radius 1 is 1.13 bits per heavy atom. The molecule has 0 bridgehead atoms. The number of carbonyl (C=O) groups excluding carboxylic acids is 1. The van der Waals surface area contributed by atoms with Crippen LogP contribution in [0.25, 0.3) is 11.6 Å². The molecule has 23 heavy (non-hydrogen) atoms. The molecule has 1 aliphatic rings. The molecule has 0 saturated carbocycles. The largest absolute Gasteiger partial charge is 0.378 e. The van der Waals surface area contributed by atoms with Crippen LogP contribution in [0.5, 0.6) is 0 Å². The second kappa shape index (κ2) is 5.92. The molecule has 2 aromatic carbocycles. The first kappa shape index (κ1) is 15.3. The summed E-state index contributed by atoms with van der Waals surface area (Å²) in [6, 6.07) is 14.3. The number of hydrogen-bond donors (Lipinski definition) is 0. The van der Waals surface area contributed by atoms with E-state index >= 15 is 0 Å². The van der Waals surface area contributed by atoms with Gasteiger partial charge in [0.1, 0.15) is 0 Å². The first-order valence-electron chi connectivity index (χ1n) is 7.94. The van der Waals surface area contributed by atoms with E-state index in [0.717, 1.165) is 28.1 Å². The molecule has 0 spiro atoms. The van der Waals surface area contributed by atoms with E-state index in [1.807, 2.05) is 56.3 Å². The van der Waals surface area contributed by atoms with Crippen LogP contribution in [0.2, 0.25) is 0 Å². The van der Waals surface area contributed by atoms with Crippen LogP contribution < -0.4 is 9.80 Å². The summed E-state index contributed by atoms with van der Waals surface area (Å²) in [5.41, 5.74) is 6.24. The molecule has 3 heteroatoms. The minimum Gasteiger partial charge on any atom is -0.378 e. The van der Waals surface area contributed by atoms with Crippen molar-refractivity contribution in [3.63, 3.8) is 0 Å². The smallest absolute Gasteiger partial charge is 0.258 e. The van der Waals surface area contributed by atoms with Crippen molar-refractivity contribution < 1.29 is 4.79 Å². The molecule has 0 fully saturated rings. The lowest BCUT2D eigenvalue weighted by molar-refractivity contribution is -0.112. The molecule has 0 unspecified atom stereocenters. The van der Waals surface area contributed by atoms with Crippen LogP contribution in [0, 0.1) is 6.92 Å². The Hall–Kier alpha value is -2.55. The predicted octanol–water partition coefficient (Wildman–Crippen LogP) is 3.97. The maximum atomic E-state index is 12.7. The number of nitrogens with zero attached hydrogens (tertiary/aromatic N) is 2. The van der Waals surface area contributed by atoms with Crippen LogP contribution in [0.15, 0.2) is 42.5 Å². The maximum Gasteiger partial charge on any atom is 0.258 e. The zero-order valence-corrected chi connectivity index (χ0v) is 14.1. The third-order valence-corrected chi connectivity index (χ3v) is 4.35. The zero-order chi connectivity index (χ0) is 16.6. The first-order chi connectivity index (χ1) is 11.0. The summed E-state index contributed by atoms with van der Waals surface area (Å²) in [5, 5.41) is 0. The van der Waals surface area contributed by atoms with Crippen molar-refractivity contribution >= 4 is 28.9 Å². The lowest BCUT2D eigenvalue weighted by Crippen LogP contribution is -2.25. The first-order valence-corrected chi connectivity index (χ1v) is 7.94. The van der Waals surface area contributed by atoms with Gasteiger partial charge in [0.25, 0.3) is 5.91 Å². The molecule has 0 aromatic heterocycles. The van der Waals surface area contributed by atoms with Crippen LogP contribution >= 0.6 is 0 Å². The highest BCUT2D eigenvalue weighted by molar-refractivity contribution is 6.35. The number of hydrogen-bond acceptors (Lipinski definition) is 2. The summed E-state index contributed by atoms with van der Waals surface area (Å²) in [4.78, 5) is 16.7. The molecule has 1 aliphatic heterocycles. The van der Waals surface area contributed by atoms with Gasteiger partial charge < -0.3 is 9.80 Å². The van der Waals surface area contributed by atoms with Crippen molar-refractivity contribution in [1.82, 2.24) is 0 Å². The molecular formula is C20H22N2O. The topological polar surface area (TPSA) is 23.6 Å². The fourth-order valence-corrected chi connectivity index (χ4v) is 3.02. The van der Waals surface area contributed by atoms with E-state index in [4.69, 9.17) is 0 Å². The minimum atomic E-state index is 0.0878. The van der Waals surface area contributed by atoms with Gasteiger partial charge in [-0.25, -0.2) is 0 Å². The number of anilines is 2. The number of aryl methyl sites for hydroxylation is 1. The molecule has 0 N–H and O–H groups in total. The average molecular weight is 306 g/mol. The monoisotopic (exact) mass is 306 g/mol. The number of fused-ring (bicyclic) bond motifs is 1. The van der Waals surface area contributed by atoms with E-state index in [1.54, 1.807) is 0 Å². The van der Waals surface area contributed by atoms with Crippen molar-refractivity contribution in [3.8, 4) is 0 Å². The summed E-state index contributed by atoms with van der Waals surface area (Å²) in [6.07, 6.45) is 2.02. The molecule has 118 valence electrons. The summed E-state index contributed by atoms with van der Waals surface area (Å²) in [5.74, 6) is 0.0878. The van der Waals surface area contributed by atoms with E-state index in [-0.39, 0.29) is 5.91 Å². The fraction of sp³-hybridized carbons (Fsp3) is 0.250. The molecule has 1 heterocycles. The van der Waals surface area contributed by atoms with Gasteiger partial charge in [0.2, 0.25) is 0 Å². The number of rotatable bonds is 3. The Balaban J connectivity index is 2.08. The Kier molecular flexibility index (Phi) is 3.95. The summed E-state index contributed by atoms with van der Waals surface area (Å²) < 4.78 is 0. The standard InChI is InChI=1S/C20H22N2O/c1-5-22-19-9-7-6-8-17(19)18(20(22)23)13-15-10-11-16(21(3)4)12-14(15)2/h6-13H,5H2,1-4H3/b18-13-. The van der Waals surface area contributed by atoms with E-state index in [9.17, 15) is 4.79 Å². The molecule has 3 rings (SSSR count). The van der Waals surface area contributed by atoms with E-state index in [2.05, 4.69) is 30.0 Å². The number of carbonyl (C=O) groups is 1. The molecular weight excluding hydrogens is 284 g/mol. The van der Waals surface area contributed by atoms with Gasteiger partial charge in [0.15, 0.2) is 0 Å². The second-order valence-corrected chi connectivity index (χ2v) is 6.06. The van der Waals surface area contributed by atoms with Crippen molar-refractivity contribution in [2.75, 3.05) is 30.4 Å². The van der Waals surface area contributed by atoms with Crippen molar-refractivity contribution in [2.45, 2.75) is 13.8 Å². The summed E-state index contributed by atoms with van der Waals surface area (Å²) >= 11 is 0. The molecule has 3 nitrogen and oxygen atoms in total. The van der Waals surface area contributed by atoms with Gasteiger partial charge in [0.05, 0.1) is 5.69 Å². The van der Waals surface area contributed by atoms with E-state index in [0.29, 0.717) is 6.54 Å². The quantitative estimate of drug-likeness (QED) is 0.801. The Morgan fingerprint density at radius 3 is 2.52 bits per heavy atom. The SMILES string of the molecule is CCN1C(=O)/C(=C\c2ccc(N(C)C)cc2C)c2ccccc21.